The van der Waals surface area contributed by atoms with Gasteiger partial charge in [-0.1, -0.05) is 24.9 Å². The maximum atomic E-state index is 12.9. The summed E-state index contributed by atoms with van der Waals surface area (Å²) in [6, 6.07) is 4.89. The smallest absolute Gasteiger partial charge is 0.261 e. The Hall–Kier alpha value is -1.88. The van der Waals surface area contributed by atoms with Crippen LogP contribution in [-0.2, 0) is 11.3 Å². The summed E-state index contributed by atoms with van der Waals surface area (Å²) in [5.41, 5.74) is 0.505. The van der Waals surface area contributed by atoms with Gasteiger partial charge in [0.05, 0.1) is 16.9 Å². The van der Waals surface area contributed by atoms with Gasteiger partial charge in [-0.25, -0.2) is 4.98 Å². The van der Waals surface area contributed by atoms with Crippen LogP contribution in [0, 0.1) is 5.92 Å². The van der Waals surface area contributed by atoms with Gasteiger partial charge in [-0.3, -0.25) is 14.2 Å². The van der Waals surface area contributed by atoms with E-state index in [9.17, 15) is 9.59 Å². The van der Waals surface area contributed by atoms with Crippen LogP contribution in [0.25, 0.3) is 10.9 Å². The Balaban J connectivity index is 2.08. The quantitative estimate of drug-likeness (QED) is 0.761. The van der Waals surface area contributed by atoms with Crippen LogP contribution in [0.4, 0.5) is 0 Å². The van der Waals surface area contributed by atoms with E-state index in [-0.39, 0.29) is 23.4 Å². The lowest BCUT2D eigenvalue weighted by molar-refractivity contribution is -0.140. The number of carbonyl (C=O) groups is 1. The van der Waals surface area contributed by atoms with Gasteiger partial charge in [0, 0.05) is 24.0 Å². The maximum Gasteiger partial charge on any atom is 0.261 e. The fourth-order valence-corrected chi connectivity index (χ4v) is 3.77. The van der Waals surface area contributed by atoms with E-state index in [0.29, 0.717) is 34.8 Å². The minimum Gasteiger partial charge on any atom is -0.333 e. The van der Waals surface area contributed by atoms with Crippen LogP contribution in [0.2, 0.25) is 5.02 Å². The zero-order valence-corrected chi connectivity index (χ0v) is 16.4. The van der Waals surface area contributed by atoms with Gasteiger partial charge in [0.15, 0.2) is 0 Å². The maximum absolute atomic E-state index is 12.9. The average molecular weight is 376 g/mol. The molecule has 1 aliphatic carbocycles. The van der Waals surface area contributed by atoms with E-state index in [1.54, 1.807) is 22.8 Å². The van der Waals surface area contributed by atoms with Gasteiger partial charge in [0.2, 0.25) is 5.91 Å². The molecule has 6 heteroatoms. The molecule has 0 saturated heterocycles. The zero-order valence-electron chi connectivity index (χ0n) is 15.7. The fraction of sp³-hybridized carbons (Fsp3) is 0.550. The number of hydrogen-bond acceptors (Lipinski definition) is 3. The summed E-state index contributed by atoms with van der Waals surface area (Å²) in [6.45, 7) is 7.15. The summed E-state index contributed by atoms with van der Waals surface area (Å²) in [5, 5.41) is 1.10. The lowest BCUT2D eigenvalue weighted by Crippen LogP contribution is -2.42. The summed E-state index contributed by atoms with van der Waals surface area (Å²) in [7, 11) is 0. The molecule has 1 fully saturated rings. The highest BCUT2D eigenvalue weighted by molar-refractivity contribution is 6.31. The van der Waals surface area contributed by atoms with Crippen molar-refractivity contribution < 1.29 is 4.79 Å². The van der Waals surface area contributed by atoms with E-state index in [2.05, 4.69) is 6.92 Å². The molecule has 5 nitrogen and oxygen atoms in total. The highest BCUT2D eigenvalue weighted by Crippen LogP contribution is 2.31. The van der Waals surface area contributed by atoms with Crippen molar-refractivity contribution in [3.05, 3.63) is 39.4 Å². The number of fused-ring (bicyclic) bond motifs is 1. The first kappa shape index (κ1) is 18.9. The highest BCUT2D eigenvalue weighted by atomic mass is 35.5. The first-order valence-corrected chi connectivity index (χ1v) is 9.86. The summed E-state index contributed by atoms with van der Waals surface area (Å²) >= 11 is 6.09. The fourth-order valence-electron chi connectivity index (χ4n) is 3.60. The molecule has 0 aliphatic heterocycles. The summed E-state index contributed by atoms with van der Waals surface area (Å²) in [5.74, 6) is 0.947. The standard InChI is InChI=1S/C20H26ClN3O2/c1-4-11-24(19(25)14-7-6-8-14)13(3)18-22-17-12-15(21)9-10-16(17)20(26)23(18)5-2/h9-10,12-14H,4-8,11H2,1-3H3. The molecule has 2 aromatic rings. The van der Waals surface area contributed by atoms with E-state index in [0.717, 1.165) is 25.7 Å². The van der Waals surface area contributed by atoms with E-state index < -0.39 is 0 Å². The van der Waals surface area contributed by atoms with Gasteiger partial charge in [0.1, 0.15) is 5.82 Å². The minimum absolute atomic E-state index is 0.0800. The van der Waals surface area contributed by atoms with Gasteiger partial charge < -0.3 is 4.90 Å². The summed E-state index contributed by atoms with van der Waals surface area (Å²) in [4.78, 5) is 32.5. The number of carbonyl (C=O) groups excluding carboxylic acids is 1. The molecule has 1 saturated carbocycles. The van der Waals surface area contributed by atoms with Crippen LogP contribution in [-0.4, -0.2) is 26.9 Å². The molecule has 0 radical (unpaired) electrons. The second-order valence-electron chi connectivity index (χ2n) is 7.02. The third-order valence-corrected chi connectivity index (χ3v) is 5.54. The summed E-state index contributed by atoms with van der Waals surface area (Å²) in [6.07, 6.45) is 3.93. The molecule has 1 aliphatic rings. The third kappa shape index (κ3) is 3.37. The number of hydrogen-bond donors (Lipinski definition) is 0. The Morgan fingerprint density at radius 3 is 2.69 bits per heavy atom. The number of halogens is 1. The summed E-state index contributed by atoms with van der Waals surface area (Å²) < 4.78 is 1.68. The monoisotopic (exact) mass is 375 g/mol. The Kier molecular flexibility index (Phi) is 5.66. The van der Waals surface area contributed by atoms with Crippen molar-refractivity contribution in [3.63, 3.8) is 0 Å². The van der Waals surface area contributed by atoms with Crippen LogP contribution in [0.5, 0.6) is 0 Å². The lowest BCUT2D eigenvalue weighted by atomic mass is 9.84. The number of amides is 1. The molecule has 26 heavy (non-hydrogen) atoms. The van der Waals surface area contributed by atoms with Crippen LogP contribution >= 0.6 is 11.6 Å². The molecule has 140 valence electrons. The van der Waals surface area contributed by atoms with Crippen LogP contribution < -0.4 is 5.56 Å². The molecule has 0 spiro atoms. The van der Waals surface area contributed by atoms with E-state index in [1.807, 2.05) is 18.7 Å². The molecular formula is C20H26ClN3O2. The number of nitrogens with zero attached hydrogens (tertiary/aromatic N) is 3. The van der Waals surface area contributed by atoms with Crippen molar-refractivity contribution in [2.24, 2.45) is 5.92 Å². The van der Waals surface area contributed by atoms with Crippen molar-refractivity contribution in [1.29, 1.82) is 0 Å². The van der Waals surface area contributed by atoms with Gasteiger partial charge in [0.25, 0.3) is 5.56 Å². The molecular weight excluding hydrogens is 350 g/mol. The molecule has 1 aromatic heterocycles. The van der Waals surface area contributed by atoms with Crippen LogP contribution in [0.1, 0.15) is 58.3 Å². The molecule has 1 unspecified atom stereocenters. The number of rotatable bonds is 6. The third-order valence-electron chi connectivity index (χ3n) is 5.31. The molecule has 1 amide bonds. The highest BCUT2D eigenvalue weighted by Gasteiger charge is 2.33. The van der Waals surface area contributed by atoms with Gasteiger partial charge in [-0.15, -0.1) is 0 Å². The molecule has 3 rings (SSSR count). The van der Waals surface area contributed by atoms with Crippen LogP contribution in [0.15, 0.2) is 23.0 Å². The molecule has 1 aromatic carbocycles. The first-order chi connectivity index (χ1) is 12.5. The predicted octanol–water partition coefficient (Wildman–Crippen LogP) is 4.17. The average Bonchev–Trinajstić information content (AvgIpc) is 2.57. The van der Waals surface area contributed by atoms with Crippen LogP contribution in [0.3, 0.4) is 0 Å². The molecule has 0 bridgehead atoms. The van der Waals surface area contributed by atoms with Crippen molar-refractivity contribution in [3.8, 4) is 0 Å². The van der Waals surface area contributed by atoms with Crippen molar-refractivity contribution in [2.45, 2.75) is 59.0 Å². The van der Waals surface area contributed by atoms with E-state index >= 15 is 0 Å². The second kappa shape index (κ2) is 7.78. The van der Waals surface area contributed by atoms with E-state index in [4.69, 9.17) is 16.6 Å². The van der Waals surface area contributed by atoms with Gasteiger partial charge >= 0.3 is 0 Å². The zero-order chi connectivity index (χ0) is 18.8. The molecule has 1 atom stereocenters. The molecule has 1 heterocycles. The predicted molar refractivity (Wildman–Crippen MR) is 104 cm³/mol. The van der Waals surface area contributed by atoms with Gasteiger partial charge in [-0.05, 0) is 51.3 Å². The first-order valence-electron chi connectivity index (χ1n) is 9.48. The minimum atomic E-state index is -0.251. The Morgan fingerprint density at radius 1 is 1.38 bits per heavy atom. The Morgan fingerprint density at radius 2 is 2.12 bits per heavy atom. The topological polar surface area (TPSA) is 55.2 Å². The van der Waals surface area contributed by atoms with Crippen molar-refractivity contribution >= 4 is 28.4 Å². The Bertz CT molecular complexity index is 873. The van der Waals surface area contributed by atoms with Crippen molar-refractivity contribution in [2.75, 3.05) is 6.54 Å². The lowest BCUT2D eigenvalue weighted by Gasteiger charge is -2.35. The number of aromatic nitrogens is 2. The van der Waals surface area contributed by atoms with Gasteiger partial charge in [-0.2, -0.15) is 0 Å². The second-order valence-corrected chi connectivity index (χ2v) is 7.45. The van der Waals surface area contributed by atoms with E-state index in [1.165, 1.54) is 0 Å². The van der Waals surface area contributed by atoms with Crippen molar-refractivity contribution in [1.82, 2.24) is 14.5 Å². The number of benzene rings is 1. The SMILES string of the molecule is CCCN(C(=O)C1CCC1)C(C)c1nc2cc(Cl)ccc2c(=O)n1CC. The molecule has 0 N–H and O–H groups in total. The normalized spacial score (nSPS) is 15.7. The Labute approximate surface area is 159 Å². The largest absolute Gasteiger partial charge is 0.333 e.